The molecule has 0 N–H and O–H groups in total. The molecule has 2 aliphatic heterocycles. The van der Waals surface area contributed by atoms with Gasteiger partial charge in [0.05, 0.1) is 0 Å². The van der Waals surface area contributed by atoms with Gasteiger partial charge in [0.15, 0.2) is 0 Å². The van der Waals surface area contributed by atoms with Crippen LogP contribution >= 0.6 is 0 Å². The van der Waals surface area contributed by atoms with Gasteiger partial charge in [-0.3, -0.25) is 9.59 Å². The van der Waals surface area contributed by atoms with E-state index in [0.29, 0.717) is 65.1 Å². The number of benzene rings is 2. The molecule has 2 heterocycles. The van der Waals surface area contributed by atoms with E-state index in [-0.39, 0.29) is 29.3 Å². The van der Waals surface area contributed by atoms with Crippen molar-refractivity contribution >= 4 is 11.8 Å². The zero-order valence-corrected chi connectivity index (χ0v) is 21.9. The van der Waals surface area contributed by atoms with E-state index in [2.05, 4.69) is 0 Å². The molecule has 2 amide bonds. The number of amides is 2. The van der Waals surface area contributed by atoms with Crippen LogP contribution in [-0.4, -0.2) is 53.5 Å². The van der Waals surface area contributed by atoms with Gasteiger partial charge in [0.2, 0.25) is 17.5 Å². The van der Waals surface area contributed by atoms with Crippen LogP contribution in [0.1, 0.15) is 61.8 Å². The van der Waals surface area contributed by atoms with Crippen molar-refractivity contribution in [2.24, 2.45) is 5.92 Å². The Labute approximate surface area is 221 Å². The number of piperidine rings is 1. The van der Waals surface area contributed by atoms with Gasteiger partial charge in [-0.15, -0.1) is 0 Å². The molecule has 204 valence electrons. The van der Waals surface area contributed by atoms with Crippen molar-refractivity contribution in [3.63, 3.8) is 0 Å². The summed E-state index contributed by atoms with van der Waals surface area (Å²) in [5.74, 6) is -0.000324. The SMILES string of the molecule is CC(=O)N1CCC(C(=O)N2CC[C@@]3(Cc4ccccc4)c4ccc(C(C)(F)C(F)(F)F)cc4CC[C@@H]23)CC1. The third-order valence-corrected chi connectivity index (χ3v) is 9.15. The maximum Gasteiger partial charge on any atom is 0.426 e. The van der Waals surface area contributed by atoms with E-state index in [1.54, 1.807) is 17.9 Å². The first-order valence-electron chi connectivity index (χ1n) is 13.4. The monoisotopic (exact) mass is 530 g/mol. The summed E-state index contributed by atoms with van der Waals surface area (Å²) >= 11 is 0. The van der Waals surface area contributed by atoms with E-state index in [4.69, 9.17) is 0 Å². The smallest absolute Gasteiger partial charge is 0.343 e. The minimum atomic E-state index is -5.01. The highest BCUT2D eigenvalue weighted by molar-refractivity contribution is 5.81. The van der Waals surface area contributed by atoms with Crippen molar-refractivity contribution in [1.82, 2.24) is 9.80 Å². The summed E-state index contributed by atoms with van der Waals surface area (Å²) in [6, 6.07) is 14.2. The lowest BCUT2D eigenvalue weighted by molar-refractivity contribution is -0.228. The molecule has 0 radical (unpaired) electrons. The van der Waals surface area contributed by atoms with Gasteiger partial charge in [0, 0.05) is 43.9 Å². The number of halogens is 4. The van der Waals surface area contributed by atoms with Gasteiger partial charge in [-0.1, -0.05) is 48.5 Å². The van der Waals surface area contributed by atoms with Crippen molar-refractivity contribution < 1.29 is 27.2 Å². The Morgan fingerprint density at radius 1 is 0.974 bits per heavy atom. The molecule has 5 rings (SSSR count). The van der Waals surface area contributed by atoms with Gasteiger partial charge in [0.1, 0.15) is 0 Å². The summed E-state index contributed by atoms with van der Waals surface area (Å²) in [7, 11) is 0. The highest BCUT2D eigenvalue weighted by atomic mass is 19.4. The molecule has 38 heavy (non-hydrogen) atoms. The molecule has 2 aromatic rings. The molecule has 0 spiro atoms. The minimum Gasteiger partial charge on any atom is -0.343 e. The predicted octanol–water partition coefficient (Wildman–Crippen LogP) is 5.72. The molecule has 8 heteroatoms. The molecule has 0 saturated carbocycles. The number of likely N-dealkylation sites (tertiary alicyclic amines) is 2. The Hall–Kier alpha value is -2.90. The number of rotatable bonds is 4. The van der Waals surface area contributed by atoms with Crippen molar-refractivity contribution in [1.29, 1.82) is 0 Å². The first-order chi connectivity index (χ1) is 17.9. The Kier molecular flexibility index (Phi) is 6.81. The number of nitrogens with zero attached hydrogens (tertiary/aromatic N) is 2. The molecule has 0 bridgehead atoms. The molecular formula is C30H34F4N2O2. The lowest BCUT2D eigenvalue weighted by Gasteiger charge is -2.45. The highest BCUT2D eigenvalue weighted by Crippen LogP contribution is 2.51. The van der Waals surface area contributed by atoms with Gasteiger partial charge < -0.3 is 9.80 Å². The zero-order chi connectivity index (χ0) is 27.3. The molecule has 2 aromatic carbocycles. The van der Waals surface area contributed by atoms with Crippen LogP contribution in [0.2, 0.25) is 0 Å². The topological polar surface area (TPSA) is 40.6 Å². The summed E-state index contributed by atoms with van der Waals surface area (Å²) in [5.41, 5.74) is -1.48. The van der Waals surface area contributed by atoms with Crippen LogP contribution in [0.3, 0.4) is 0 Å². The average Bonchev–Trinajstić information content (AvgIpc) is 3.27. The van der Waals surface area contributed by atoms with Crippen LogP contribution in [0.4, 0.5) is 17.6 Å². The maximum absolute atomic E-state index is 14.9. The first-order valence-corrected chi connectivity index (χ1v) is 13.4. The Bertz CT molecular complexity index is 1200. The van der Waals surface area contributed by atoms with Gasteiger partial charge in [-0.2, -0.15) is 13.2 Å². The summed E-state index contributed by atoms with van der Waals surface area (Å²) in [6.45, 7) is 3.85. The average molecular weight is 531 g/mol. The van der Waals surface area contributed by atoms with Gasteiger partial charge in [0.25, 0.3) is 0 Å². The third kappa shape index (κ3) is 4.50. The summed E-state index contributed by atoms with van der Waals surface area (Å²) in [6.07, 6.45) is -1.26. The number of aryl methyl sites for hydroxylation is 1. The molecule has 1 unspecified atom stereocenters. The Balaban J connectivity index is 1.49. The molecule has 2 saturated heterocycles. The van der Waals surface area contributed by atoms with E-state index in [9.17, 15) is 27.2 Å². The Morgan fingerprint density at radius 2 is 1.66 bits per heavy atom. The molecule has 0 aromatic heterocycles. The number of hydrogen-bond donors (Lipinski definition) is 0. The minimum absolute atomic E-state index is 0.0251. The molecule has 3 aliphatic rings. The molecular weight excluding hydrogens is 496 g/mol. The fourth-order valence-electron chi connectivity index (χ4n) is 6.92. The van der Waals surface area contributed by atoms with Crippen LogP contribution in [0.5, 0.6) is 0 Å². The fourth-order valence-corrected chi connectivity index (χ4v) is 6.92. The molecule has 4 nitrogen and oxygen atoms in total. The van der Waals surface area contributed by atoms with Crippen LogP contribution in [0.15, 0.2) is 48.5 Å². The van der Waals surface area contributed by atoms with E-state index in [1.165, 1.54) is 12.1 Å². The fraction of sp³-hybridized carbons (Fsp3) is 0.533. The van der Waals surface area contributed by atoms with Crippen LogP contribution in [-0.2, 0) is 33.5 Å². The maximum atomic E-state index is 14.9. The van der Waals surface area contributed by atoms with Crippen molar-refractivity contribution in [3.8, 4) is 0 Å². The van der Waals surface area contributed by atoms with Gasteiger partial charge in [-0.05, 0) is 67.7 Å². The van der Waals surface area contributed by atoms with Crippen molar-refractivity contribution in [2.75, 3.05) is 19.6 Å². The normalized spacial score (nSPS) is 25.5. The number of carbonyl (C=O) groups is 2. The second-order valence-electron chi connectivity index (χ2n) is 11.3. The molecule has 1 aliphatic carbocycles. The van der Waals surface area contributed by atoms with Gasteiger partial charge >= 0.3 is 6.18 Å². The Morgan fingerprint density at radius 3 is 2.29 bits per heavy atom. The van der Waals surface area contributed by atoms with Crippen LogP contribution in [0, 0.1) is 5.92 Å². The number of alkyl halides is 4. The number of fused-ring (bicyclic) bond motifs is 3. The molecule has 2 fully saturated rings. The van der Waals surface area contributed by atoms with E-state index in [1.807, 2.05) is 35.2 Å². The highest BCUT2D eigenvalue weighted by Gasteiger charge is 2.56. The predicted molar refractivity (Wildman–Crippen MR) is 136 cm³/mol. The van der Waals surface area contributed by atoms with Crippen LogP contribution < -0.4 is 0 Å². The second-order valence-corrected chi connectivity index (χ2v) is 11.3. The summed E-state index contributed by atoms with van der Waals surface area (Å²) in [5, 5.41) is 0. The summed E-state index contributed by atoms with van der Waals surface area (Å²) < 4.78 is 55.3. The lowest BCUT2D eigenvalue weighted by Crippen LogP contribution is -2.51. The van der Waals surface area contributed by atoms with Gasteiger partial charge in [-0.25, -0.2) is 4.39 Å². The summed E-state index contributed by atoms with van der Waals surface area (Å²) in [4.78, 5) is 29.3. The zero-order valence-electron chi connectivity index (χ0n) is 21.9. The standard InChI is InChI=1S/C30H34F4N2O2/c1-20(37)35-15-12-22(13-16-35)27(38)36-17-14-29(19-21-6-4-3-5-7-21)25-10-9-24(28(2,31)30(32,33)34)18-23(25)8-11-26(29)36/h3-7,9-10,18,22,26H,8,11-17,19H2,1-2H3/t26-,28?,29-/m1/s1. The number of hydrogen-bond acceptors (Lipinski definition) is 2. The van der Waals surface area contributed by atoms with Crippen LogP contribution in [0.25, 0.3) is 0 Å². The van der Waals surface area contributed by atoms with E-state index in [0.717, 1.165) is 16.7 Å². The quantitative estimate of drug-likeness (QED) is 0.475. The first kappa shape index (κ1) is 26.7. The van der Waals surface area contributed by atoms with Crippen molar-refractivity contribution in [2.45, 2.75) is 75.7 Å². The van der Waals surface area contributed by atoms with E-state index < -0.39 is 17.3 Å². The third-order valence-electron chi connectivity index (χ3n) is 9.15. The second kappa shape index (κ2) is 9.69. The van der Waals surface area contributed by atoms with Crippen molar-refractivity contribution in [3.05, 3.63) is 70.8 Å². The largest absolute Gasteiger partial charge is 0.426 e. The lowest BCUT2D eigenvalue weighted by atomic mass is 9.63. The molecule has 3 atom stereocenters. The van der Waals surface area contributed by atoms with E-state index >= 15 is 0 Å². The number of carbonyl (C=O) groups excluding carboxylic acids is 2.